The highest BCUT2D eigenvalue weighted by Gasteiger charge is 2.16. The van der Waals surface area contributed by atoms with E-state index in [1.54, 1.807) is 0 Å². The van der Waals surface area contributed by atoms with Crippen LogP contribution in [0.3, 0.4) is 0 Å². The van der Waals surface area contributed by atoms with Gasteiger partial charge in [-0.3, -0.25) is 4.72 Å². The molecule has 0 heterocycles. The summed E-state index contributed by atoms with van der Waals surface area (Å²) in [5.74, 6) is 0.833. The Morgan fingerprint density at radius 3 is 2.57 bits per heavy atom. The molecule has 21 heavy (non-hydrogen) atoms. The highest BCUT2D eigenvalue weighted by molar-refractivity contribution is 7.92. The summed E-state index contributed by atoms with van der Waals surface area (Å²) in [6.45, 7) is 4.26. The maximum absolute atomic E-state index is 11.3. The first kappa shape index (κ1) is 16.1. The van der Waals surface area contributed by atoms with Crippen LogP contribution >= 0.6 is 0 Å². The van der Waals surface area contributed by atoms with Gasteiger partial charge in [-0.1, -0.05) is 19.8 Å². The molecule has 0 saturated heterocycles. The van der Waals surface area contributed by atoms with E-state index in [1.807, 2.05) is 25.1 Å². The fourth-order valence-electron chi connectivity index (χ4n) is 2.93. The maximum atomic E-state index is 11.3. The highest BCUT2D eigenvalue weighted by Crippen LogP contribution is 2.26. The molecule has 0 aromatic heterocycles. The Hall–Kier alpha value is -1.23. The minimum atomic E-state index is -3.22. The van der Waals surface area contributed by atoms with Crippen LogP contribution < -0.4 is 10.0 Å². The number of anilines is 2. The molecule has 0 spiro atoms. The van der Waals surface area contributed by atoms with E-state index in [2.05, 4.69) is 17.0 Å². The second-order valence-corrected chi connectivity index (χ2v) is 8.11. The molecule has 0 amide bonds. The average Bonchev–Trinajstić information content (AvgIpc) is 2.57. The second-order valence-electron chi connectivity index (χ2n) is 6.36. The largest absolute Gasteiger partial charge is 0.382 e. The second kappa shape index (κ2) is 6.69. The van der Waals surface area contributed by atoms with E-state index < -0.39 is 10.0 Å². The first-order chi connectivity index (χ1) is 9.83. The molecule has 1 aromatic rings. The van der Waals surface area contributed by atoms with Gasteiger partial charge in [0.1, 0.15) is 0 Å². The fourth-order valence-corrected chi connectivity index (χ4v) is 3.56. The van der Waals surface area contributed by atoms with E-state index in [0.29, 0.717) is 11.7 Å². The lowest BCUT2D eigenvalue weighted by Crippen LogP contribution is -2.18. The van der Waals surface area contributed by atoms with Crippen LogP contribution in [0.1, 0.15) is 44.6 Å². The normalized spacial score (nSPS) is 23.4. The van der Waals surface area contributed by atoms with Crippen molar-refractivity contribution in [3.63, 3.8) is 0 Å². The lowest BCUT2D eigenvalue weighted by Gasteiger charge is -2.19. The molecule has 0 bridgehead atoms. The molecule has 1 aromatic carbocycles. The van der Waals surface area contributed by atoms with Gasteiger partial charge in [0.05, 0.1) is 11.9 Å². The summed E-state index contributed by atoms with van der Waals surface area (Å²) >= 11 is 0. The Morgan fingerprint density at radius 2 is 1.90 bits per heavy atom. The predicted octanol–water partition coefficient (Wildman–Crippen LogP) is 3.75. The van der Waals surface area contributed by atoms with E-state index in [9.17, 15) is 8.42 Å². The number of aryl methyl sites for hydroxylation is 1. The minimum Gasteiger partial charge on any atom is -0.382 e. The Morgan fingerprint density at radius 1 is 1.14 bits per heavy atom. The zero-order valence-corrected chi connectivity index (χ0v) is 14.0. The molecule has 1 aliphatic carbocycles. The summed E-state index contributed by atoms with van der Waals surface area (Å²) < 4.78 is 25.1. The van der Waals surface area contributed by atoms with Gasteiger partial charge >= 0.3 is 0 Å². The van der Waals surface area contributed by atoms with Crippen LogP contribution in [0.4, 0.5) is 11.4 Å². The van der Waals surface area contributed by atoms with Gasteiger partial charge < -0.3 is 5.32 Å². The van der Waals surface area contributed by atoms with Crippen molar-refractivity contribution in [2.24, 2.45) is 5.92 Å². The van der Waals surface area contributed by atoms with Gasteiger partial charge in [-0.2, -0.15) is 0 Å². The third-order valence-electron chi connectivity index (χ3n) is 4.15. The molecule has 118 valence electrons. The van der Waals surface area contributed by atoms with Crippen LogP contribution in [-0.2, 0) is 10.0 Å². The number of sulfonamides is 1. The lowest BCUT2D eigenvalue weighted by molar-refractivity contribution is 0.502. The summed E-state index contributed by atoms with van der Waals surface area (Å²) in [6.07, 6.45) is 7.49. The molecule has 1 saturated carbocycles. The van der Waals surface area contributed by atoms with Gasteiger partial charge in [0.25, 0.3) is 0 Å². The summed E-state index contributed by atoms with van der Waals surface area (Å²) in [7, 11) is -3.22. The Balaban J connectivity index is 2.03. The molecule has 0 radical (unpaired) electrons. The fraction of sp³-hybridized carbons (Fsp3) is 0.625. The molecule has 0 aliphatic heterocycles. The smallest absolute Gasteiger partial charge is 0.229 e. The van der Waals surface area contributed by atoms with Crippen LogP contribution in [0.2, 0.25) is 0 Å². The number of hydrogen-bond donors (Lipinski definition) is 2. The molecule has 2 atom stereocenters. The number of benzene rings is 1. The standard InChI is InChI=1S/C16H26N2O2S/c1-12-5-4-6-14(8-7-12)17-15-9-10-16(13(2)11-15)18-21(3,19)20/h9-12,14,17-18H,4-8H2,1-3H3. The van der Waals surface area contributed by atoms with Crippen LogP contribution in [-0.4, -0.2) is 20.7 Å². The molecule has 2 unspecified atom stereocenters. The Labute approximate surface area is 128 Å². The molecule has 2 rings (SSSR count). The topological polar surface area (TPSA) is 58.2 Å². The first-order valence-corrected chi connectivity index (χ1v) is 9.57. The van der Waals surface area contributed by atoms with Crippen molar-refractivity contribution in [1.29, 1.82) is 0 Å². The minimum absolute atomic E-state index is 0.531. The van der Waals surface area contributed by atoms with Crippen molar-refractivity contribution in [3.8, 4) is 0 Å². The van der Waals surface area contributed by atoms with E-state index in [0.717, 1.165) is 17.2 Å². The van der Waals surface area contributed by atoms with E-state index in [-0.39, 0.29) is 0 Å². The van der Waals surface area contributed by atoms with E-state index in [4.69, 9.17) is 0 Å². The third-order valence-corrected chi connectivity index (χ3v) is 4.74. The van der Waals surface area contributed by atoms with Crippen LogP contribution in [0.15, 0.2) is 18.2 Å². The summed E-state index contributed by atoms with van der Waals surface area (Å²) in [4.78, 5) is 0. The van der Waals surface area contributed by atoms with Crippen LogP contribution in [0.25, 0.3) is 0 Å². The van der Waals surface area contributed by atoms with Crippen molar-refractivity contribution < 1.29 is 8.42 Å². The SMILES string of the molecule is Cc1cc(NC2CCCC(C)CC2)ccc1NS(C)(=O)=O. The van der Waals surface area contributed by atoms with E-state index >= 15 is 0 Å². The van der Waals surface area contributed by atoms with Crippen molar-refractivity contribution in [1.82, 2.24) is 0 Å². The molecule has 1 fully saturated rings. The first-order valence-electron chi connectivity index (χ1n) is 7.68. The Bertz CT molecular complexity index is 584. The zero-order chi connectivity index (χ0) is 15.5. The van der Waals surface area contributed by atoms with Gasteiger partial charge in [-0.25, -0.2) is 8.42 Å². The average molecular weight is 310 g/mol. The van der Waals surface area contributed by atoms with Gasteiger partial charge in [0.15, 0.2) is 0 Å². The molecule has 4 nitrogen and oxygen atoms in total. The molecule has 1 aliphatic rings. The number of rotatable bonds is 4. The summed E-state index contributed by atoms with van der Waals surface area (Å²) in [6, 6.07) is 6.33. The quantitative estimate of drug-likeness (QED) is 0.833. The van der Waals surface area contributed by atoms with Crippen molar-refractivity contribution in [2.45, 2.75) is 52.0 Å². The maximum Gasteiger partial charge on any atom is 0.229 e. The van der Waals surface area contributed by atoms with Gasteiger partial charge in [0, 0.05) is 11.7 Å². The van der Waals surface area contributed by atoms with Crippen molar-refractivity contribution >= 4 is 21.4 Å². The number of hydrogen-bond acceptors (Lipinski definition) is 3. The predicted molar refractivity (Wildman–Crippen MR) is 89.3 cm³/mol. The Kier molecular flexibility index (Phi) is 5.14. The number of nitrogens with one attached hydrogen (secondary N) is 2. The lowest BCUT2D eigenvalue weighted by atomic mass is 10.0. The highest BCUT2D eigenvalue weighted by atomic mass is 32.2. The third kappa shape index (κ3) is 5.23. The van der Waals surface area contributed by atoms with Crippen molar-refractivity contribution in [2.75, 3.05) is 16.3 Å². The van der Waals surface area contributed by atoms with Gasteiger partial charge in [0.2, 0.25) is 10.0 Å². The van der Waals surface area contributed by atoms with Crippen LogP contribution in [0.5, 0.6) is 0 Å². The monoisotopic (exact) mass is 310 g/mol. The van der Waals surface area contributed by atoms with E-state index in [1.165, 1.54) is 38.4 Å². The molecular formula is C16H26N2O2S. The van der Waals surface area contributed by atoms with Gasteiger partial charge in [-0.05, 0) is 55.9 Å². The zero-order valence-electron chi connectivity index (χ0n) is 13.1. The molecular weight excluding hydrogens is 284 g/mol. The molecule has 2 N–H and O–H groups in total. The van der Waals surface area contributed by atoms with Gasteiger partial charge in [-0.15, -0.1) is 0 Å². The summed E-state index contributed by atoms with van der Waals surface area (Å²) in [5.41, 5.74) is 2.66. The van der Waals surface area contributed by atoms with Crippen molar-refractivity contribution in [3.05, 3.63) is 23.8 Å². The molecule has 5 heteroatoms. The van der Waals surface area contributed by atoms with Crippen LogP contribution in [0, 0.1) is 12.8 Å². The summed E-state index contributed by atoms with van der Waals surface area (Å²) in [5, 5.41) is 3.60.